The SMILES string of the molecule is CC(N)CCC(=O)N(C)CCOc1cccc(Cl)c1. The summed E-state index contributed by atoms with van der Waals surface area (Å²) in [6, 6.07) is 7.26. The van der Waals surface area contributed by atoms with Crippen LogP contribution in [0.4, 0.5) is 0 Å². The number of carbonyl (C=O) groups excluding carboxylic acids is 1. The van der Waals surface area contributed by atoms with Crippen molar-refractivity contribution in [3.63, 3.8) is 0 Å². The molecule has 4 nitrogen and oxygen atoms in total. The first-order valence-electron chi connectivity index (χ1n) is 6.37. The highest BCUT2D eigenvalue weighted by molar-refractivity contribution is 6.30. The van der Waals surface area contributed by atoms with E-state index in [0.717, 1.165) is 0 Å². The third kappa shape index (κ3) is 6.45. The van der Waals surface area contributed by atoms with Crippen LogP contribution in [0.3, 0.4) is 0 Å². The van der Waals surface area contributed by atoms with Crippen molar-refractivity contribution in [2.45, 2.75) is 25.8 Å². The molecule has 0 radical (unpaired) electrons. The number of amides is 1. The number of halogens is 1. The molecule has 0 aliphatic heterocycles. The Morgan fingerprint density at radius 2 is 2.26 bits per heavy atom. The summed E-state index contributed by atoms with van der Waals surface area (Å²) in [5.74, 6) is 0.802. The maximum atomic E-state index is 11.7. The van der Waals surface area contributed by atoms with E-state index in [1.165, 1.54) is 0 Å². The van der Waals surface area contributed by atoms with Gasteiger partial charge >= 0.3 is 0 Å². The molecule has 5 heteroatoms. The van der Waals surface area contributed by atoms with Crippen molar-refractivity contribution in [2.24, 2.45) is 5.73 Å². The van der Waals surface area contributed by atoms with E-state index in [1.54, 1.807) is 24.1 Å². The number of hydrogen-bond donors (Lipinski definition) is 1. The van der Waals surface area contributed by atoms with Crippen LogP contribution >= 0.6 is 11.6 Å². The van der Waals surface area contributed by atoms with Crippen LogP contribution in [-0.4, -0.2) is 37.0 Å². The Morgan fingerprint density at radius 1 is 1.53 bits per heavy atom. The predicted octanol–water partition coefficient (Wildman–Crippen LogP) is 2.30. The first kappa shape index (κ1) is 15.8. The standard InChI is InChI=1S/C14H21ClN2O2/c1-11(16)6-7-14(18)17(2)8-9-19-13-5-3-4-12(15)10-13/h3-5,10-11H,6-9,16H2,1-2H3. The maximum Gasteiger partial charge on any atom is 0.222 e. The van der Waals surface area contributed by atoms with E-state index in [2.05, 4.69) is 0 Å². The lowest BCUT2D eigenvalue weighted by Crippen LogP contribution is -2.31. The Bertz CT molecular complexity index is 410. The first-order valence-corrected chi connectivity index (χ1v) is 6.74. The van der Waals surface area contributed by atoms with Crippen LogP contribution in [0.1, 0.15) is 19.8 Å². The van der Waals surface area contributed by atoms with Gasteiger partial charge in [-0.2, -0.15) is 0 Å². The fraction of sp³-hybridized carbons (Fsp3) is 0.500. The van der Waals surface area contributed by atoms with Crippen molar-refractivity contribution in [3.05, 3.63) is 29.3 Å². The predicted molar refractivity (Wildman–Crippen MR) is 77.5 cm³/mol. The number of carbonyl (C=O) groups is 1. The monoisotopic (exact) mass is 284 g/mol. The van der Waals surface area contributed by atoms with Gasteiger partial charge in [0.15, 0.2) is 0 Å². The summed E-state index contributed by atoms with van der Waals surface area (Å²) in [5, 5.41) is 0.638. The molecule has 0 saturated carbocycles. The molecule has 1 aromatic rings. The first-order chi connectivity index (χ1) is 8.99. The van der Waals surface area contributed by atoms with Crippen LogP contribution in [0, 0.1) is 0 Å². The summed E-state index contributed by atoms with van der Waals surface area (Å²) in [7, 11) is 1.77. The van der Waals surface area contributed by atoms with E-state index in [1.807, 2.05) is 19.1 Å². The van der Waals surface area contributed by atoms with Crippen LogP contribution in [0.2, 0.25) is 5.02 Å². The maximum absolute atomic E-state index is 11.7. The minimum absolute atomic E-state index is 0.0556. The summed E-state index contributed by atoms with van der Waals surface area (Å²) in [5.41, 5.74) is 5.62. The van der Waals surface area contributed by atoms with E-state index < -0.39 is 0 Å². The second kappa shape index (κ2) is 8.02. The Hall–Kier alpha value is -1.26. The Balaban J connectivity index is 2.26. The molecule has 1 rings (SSSR count). The summed E-state index contributed by atoms with van der Waals surface area (Å²) in [6.45, 7) is 2.89. The van der Waals surface area contributed by atoms with E-state index in [9.17, 15) is 4.79 Å². The molecule has 0 aliphatic carbocycles. The molecule has 19 heavy (non-hydrogen) atoms. The number of nitrogens with zero attached hydrogens (tertiary/aromatic N) is 1. The number of hydrogen-bond acceptors (Lipinski definition) is 3. The second-order valence-electron chi connectivity index (χ2n) is 4.64. The van der Waals surface area contributed by atoms with Crippen LogP contribution in [0.25, 0.3) is 0 Å². The molecule has 0 bridgehead atoms. The van der Waals surface area contributed by atoms with Gasteiger partial charge in [0.1, 0.15) is 12.4 Å². The van der Waals surface area contributed by atoms with Gasteiger partial charge in [0.2, 0.25) is 5.91 Å². The fourth-order valence-electron chi connectivity index (χ4n) is 1.52. The number of benzene rings is 1. The van der Waals surface area contributed by atoms with Crippen molar-refractivity contribution in [3.8, 4) is 5.75 Å². The van der Waals surface area contributed by atoms with Crippen LogP contribution in [-0.2, 0) is 4.79 Å². The number of rotatable bonds is 7. The molecular weight excluding hydrogens is 264 g/mol. The molecule has 0 spiro atoms. The third-order valence-corrected chi connectivity index (χ3v) is 2.97. The van der Waals surface area contributed by atoms with E-state index in [-0.39, 0.29) is 11.9 Å². The van der Waals surface area contributed by atoms with Gasteiger partial charge in [-0.1, -0.05) is 17.7 Å². The average molecular weight is 285 g/mol. The van der Waals surface area contributed by atoms with Gasteiger partial charge < -0.3 is 15.4 Å². The molecule has 0 fully saturated rings. The molecular formula is C14H21ClN2O2. The highest BCUT2D eigenvalue weighted by Crippen LogP contribution is 2.16. The Kier molecular flexibility index (Phi) is 6.67. The highest BCUT2D eigenvalue weighted by Gasteiger charge is 2.09. The fourth-order valence-corrected chi connectivity index (χ4v) is 1.70. The average Bonchev–Trinajstić information content (AvgIpc) is 2.35. The lowest BCUT2D eigenvalue weighted by atomic mass is 10.2. The smallest absolute Gasteiger partial charge is 0.222 e. The summed E-state index contributed by atoms with van der Waals surface area (Å²) < 4.78 is 5.53. The van der Waals surface area contributed by atoms with Gasteiger partial charge in [-0.05, 0) is 31.5 Å². The molecule has 0 aromatic heterocycles. The van der Waals surface area contributed by atoms with Gasteiger partial charge in [-0.3, -0.25) is 4.79 Å². The molecule has 0 saturated heterocycles. The highest BCUT2D eigenvalue weighted by atomic mass is 35.5. The van der Waals surface area contributed by atoms with Gasteiger partial charge in [-0.25, -0.2) is 0 Å². The number of nitrogens with two attached hydrogens (primary N) is 1. The van der Waals surface area contributed by atoms with Crippen LogP contribution < -0.4 is 10.5 Å². The number of ether oxygens (including phenoxy) is 1. The third-order valence-electron chi connectivity index (χ3n) is 2.73. The lowest BCUT2D eigenvalue weighted by molar-refractivity contribution is -0.130. The van der Waals surface area contributed by atoms with E-state index in [4.69, 9.17) is 22.1 Å². The molecule has 1 atom stereocenters. The molecule has 1 aromatic carbocycles. The molecule has 1 unspecified atom stereocenters. The van der Waals surface area contributed by atoms with Crippen LogP contribution in [0.5, 0.6) is 5.75 Å². The zero-order chi connectivity index (χ0) is 14.3. The van der Waals surface area contributed by atoms with Crippen molar-refractivity contribution in [1.82, 2.24) is 4.90 Å². The van der Waals surface area contributed by atoms with Crippen molar-refractivity contribution < 1.29 is 9.53 Å². The van der Waals surface area contributed by atoms with Crippen LogP contribution in [0.15, 0.2) is 24.3 Å². The zero-order valence-corrected chi connectivity index (χ0v) is 12.2. The van der Waals surface area contributed by atoms with E-state index >= 15 is 0 Å². The van der Waals surface area contributed by atoms with Gasteiger partial charge in [0.05, 0.1) is 6.54 Å². The zero-order valence-electron chi connectivity index (χ0n) is 11.4. The quantitative estimate of drug-likeness (QED) is 0.836. The Labute approximate surface area is 119 Å². The molecule has 1 amide bonds. The summed E-state index contributed by atoms with van der Waals surface area (Å²) in [6.07, 6.45) is 1.18. The lowest BCUT2D eigenvalue weighted by Gasteiger charge is -2.18. The molecule has 2 N–H and O–H groups in total. The topological polar surface area (TPSA) is 55.6 Å². The van der Waals surface area contributed by atoms with E-state index in [0.29, 0.717) is 36.8 Å². The second-order valence-corrected chi connectivity index (χ2v) is 5.07. The number of likely N-dealkylation sites (N-methyl/N-ethyl adjacent to an activating group) is 1. The summed E-state index contributed by atoms with van der Waals surface area (Å²) >= 11 is 5.85. The molecule has 0 heterocycles. The van der Waals surface area contributed by atoms with Crippen molar-refractivity contribution in [1.29, 1.82) is 0 Å². The minimum atomic E-state index is 0.0556. The molecule has 106 valence electrons. The van der Waals surface area contributed by atoms with Gasteiger partial charge in [0.25, 0.3) is 0 Å². The normalized spacial score (nSPS) is 12.0. The largest absolute Gasteiger partial charge is 0.492 e. The Morgan fingerprint density at radius 3 is 2.89 bits per heavy atom. The van der Waals surface area contributed by atoms with Crippen molar-refractivity contribution in [2.75, 3.05) is 20.2 Å². The van der Waals surface area contributed by atoms with Gasteiger partial charge in [0, 0.05) is 24.5 Å². The minimum Gasteiger partial charge on any atom is -0.492 e. The summed E-state index contributed by atoms with van der Waals surface area (Å²) in [4.78, 5) is 13.4. The molecule has 0 aliphatic rings. The van der Waals surface area contributed by atoms with Gasteiger partial charge in [-0.15, -0.1) is 0 Å². The van der Waals surface area contributed by atoms with Crippen molar-refractivity contribution >= 4 is 17.5 Å².